The molecule has 0 radical (unpaired) electrons. The second-order valence-electron chi connectivity index (χ2n) is 7.15. The quantitative estimate of drug-likeness (QED) is 0.362. The number of fused-ring (bicyclic) bond motifs is 1. The summed E-state index contributed by atoms with van der Waals surface area (Å²) in [5, 5.41) is 0. The van der Waals surface area contributed by atoms with Crippen molar-refractivity contribution in [2.24, 2.45) is 17.8 Å². The standard InChI is InChI=1S/C19H34/c1-3-9-16(2)10-4-5-11-17-13-8-14-18-12-6-7-15-19(17)18/h17-19H,2-15H2,1H3. The van der Waals surface area contributed by atoms with Crippen LogP contribution in [-0.4, -0.2) is 0 Å². The molecule has 0 aromatic carbocycles. The Morgan fingerprint density at radius 3 is 2.58 bits per heavy atom. The average Bonchev–Trinajstić information content (AvgIpc) is 2.44. The van der Waals surface area contributed by atoms with Gasteiger partial charge < -0.3 is 0 Å². The van der Waals surface area contributed by atoms with Gasteiger partial charge in [-0.25, -0.2) is 0 Å². The van der Waals surface area contributed by atoms with Crippen LogP contribution in [0.3, 0.4) is 0 Å². The molecular formula is C19H34. The van der Waals surface area contributed by atoms with Crippen molar-refractivity contribution in [1.29, 1.82) is 0 Å². The van der Waals surface area contributed by atoms with Crippen LogP contribution in [0, 0.1) is 17.8 Å². The van der Waals surface area contributed by atoms with E-state index in [0.717, 1.165) is 17.8 Å². The highest BCUT2D eigenvalue weighted by Crippen LogP contribution is 2.45. The zero-order valence-corrected chi connectivity index (χ0v) is 13.1. The minimum absolute atomic E-state index is 1.08. The van der Waals surface area contributed by atoms with Crippen molar-refractivity contribution >= 4 is 0 Å². The van der Waals surface area contributed by atoms with Crippen LogP contribution >= 0.6 is 0 Å². The van der Waals surface area contributed by atoms with Crippen molar-refractivity contribution in [3.63, 3.8) is 0 Å². The van der Waals surface area contributed by atoms with Gasteiger partial charge in [-0.05, 0) is 43.4 Å². The molecule has 0 heterocycles. The molecule has 2 aliphatic carbocycles. The lowest BCUT2D eigenvalue weighted by molar-refractivity contribution is 0.0963. The van der Waals surface area contributed by atoms with E-state index in [-0.39, 0.29) is 0 Å². The lowest BCUT2D eigenvalue weighted by Crippen LogP contribution is -2.30. The minimum atomic E-state index is 1.08. The predicted molar refractivity (Wildman–Crippen MR) is 85.3 cm³/mol. The molecular weight excluding hydrogens is 228 g/mol. The first-order chi connectivity index (χ1) is 9.31. The van der Waals surface area contributed by atoms with E-state index in [0.29, 0.717) is 0 Å². The van der Waals surface area contributed by atoms with Crippen LogP contribution in [0.5, 0.6) is 0 Å². The smallest absolute Gasteiger partial charge is 0.0323 e. The van der Waals surface area contributed by atoms with E-state index in [2.05, 4.69) is 13.5 Å². The fourth-order valence-corrected chi connectivity index (χ4v) is 4.69. The summed E-state index contributed by atoms with van der Waals surface area (Å²) in [5.74, 6) is 3.31. The average molecular weight is 262 g/mol. The maximum Gasteiger partial charge on any atom is -0.0323 e. The van der Waals surface area contributed by atoms with Gasteiger partial charge >= 0.3 is 0 Å². The molecule has 0 heteroatoms. The summed E-state index contributed by atoms with van der Waals surface area (Å²) in [4.78, 5) is 0. The van der Waals surface area contributed by atoms with E-state index in [1.165, 1.54) is 69.8 Å². The van der Waals surface area contributed by atoms with E-state index < -0.39 is 0 Å². The largest absolute Gasteiger partial charge is 0.0999 e. The van der Waals surface area contributed by atoms with Crippen LogP contribution in [0.15, 0.2) is 12.2 Å². The van der Waals surface area contributed by atoms with Crippen LogP contribution in [0.1, 0.15) is 90.4 Å². The first kappa shape index (κ1) is 15.1. The Kier molecular flexibility index (Phi) is 6.47. The van der Waals surface area contributed by atoms with E-state index >= 15 is 0 Å². The van der Waals surface area contributed by atoms with Crippen molar-refractivity contribution in [2.75, 3.05) is 0 Å². The van der Waals surface area contributed by atoms with Gasteiger partial charge in [0.15, 0.2) is 0 Å². The number of rotatable bonds is 7. The van der Waals surface area contributed by atoms with Crippen LogP contribution in [0.25, 0.3) is 0 Å². The molecule has 0 saturated heterocycles. The predicted octanol–water partition coefficient (Wildman–Crippen LogP) is 6.51. The second kappa shape index (κ2) is 8.12. The topological polar surface area (TPSA) is 0 Å². The first-order valence-electron chi connectivity index (χ1n) is 8.98. The molecule has 0 amide bonds. The van der Waals surface area contributed by atoms with Gasteiger partial charge in [0, 0.05) is 0 Å². The van der Waals surface area contributed by atoms with Crippen molar-refractivity contribution in [2.45, 2.75) is 90.4 Å². The van der Waals surface area contributed by atoms with Gasteiger partial charge in [-0.1, -0.05) is 76.9 Å². The minimum Gasteiger partial charge on any atom is -0.0999 e. The van der Waals surface area contributed by atoms with Crippen LogP contribution < -0.4 is 0 Å². The van der Waals surface area contributed by atoms with Gasteiger partial charge in [0.1, 0.15) is 0 Å². The molecule has 3 atom stereocenters. The lowest BCUT2D eigenvalue weighted by Gasteiger charge is -2.41. The highest BCUT2D eigenvalue weighted by Gasteiger charge is 2.34. The molecule has 110 valence electrons. The van der Waals surface area contributed by atoms with E-state index in [1.54, 1.807) is 19.3 Å². The molecule has 0 nitrogen and oxygen atoms in total. The van der Waals surface area contributed by atoms with Gasteiger partial charge in [-0.3, -0.25) is 0 Å². The molecule has 2 fully saturated rings. The van der Waals surface area contributed by atoms with Gasteiger partial charge in [0.05, 0.1) is 0 Å². The zero-order chi connectivity index (χ0) is 13.5. The van der Waals surface area contributed by atoms with E-state index in [4.69, 9.17) is 0 Å². The Morgan fingerprint density at radius 1 is 0.947 bits per heavy atom. The first-order valence-corrected chi connectivity index (χ1v) is 8.98. The summed E-state index contributed by atoms with van der Waals surface area (Å²) in [5.41, 5.74) is 1.49. The Hall–Kier alpha value is -0.260. The van der Waals surface area contributed by atoms with Gasteiger partial charge in [0.2, 0.25) is 0 Å². The van der Waals surface area contributed by atoms with E-state index in [1.807, 2.05) is 0 Å². The number of unbranched alkanes of at least 4 members (excludes halogenated alkanes) is 1. The molecule has 0 bridgehead atoms. The summed E-state index contributed by atoms with van der Waals surface area (Å²) in [6.45, 7) is 6.45. The highest BCUT2D eigenvalue weighted by molar-refractivity contribution is 4.93. The van der Waals surface area contributed by atoms with Crippen LogP contribution in [0.2, 0.25) is 0 Å². The molecule has 0 aromatic heterocycles. The molecule has 2 rings (SSSR count). The third-order valence-corrected chi connectivity index (χ3v) is 5.68. The Balaban J connectivity index is 1.65. The lowest BCUT2D eigenvalue weighted by atomic mass is 9.64. The summed E-state index contributed by atoms with van der Waals surface area (Å²) >= 11 is 0. The summed E-state index contributed by atoms with van der Waals surface area (Å²) < 4.78 is 0. The SMILES string of the molecule is C=C(CCC)CCCCC1CCCC2CCCCC12. The van der Waals surface area contributed by atoms with Crippen molar-refractivity contribution in [3.8, 4) is 0 Å². The number of allylic oxidation sites excluding steroid dienone is 1. The fourth-order valence-electron chi connectivity index (χ4n) is 4.69. The molecule has 0 aromatic rings. The zero-order valence-electron chi connectivity index (χ0n) is 13.1. The van der Waals surface area contributed by atoms with Crippen LogP contribution in [-0.2, 0) is 0 Å². The molecule has 0 aliphatic heterocycles. The third kappa shape index (κ3) is 4.65. The van der Waals surface area contributed by atoms with Crippen molar-refractivity contribution in [3.05, 3.63) is 12.2 Å². The van der Waals surface area contributed by atoms with E-state index in [9.17, 15) is 0 Å². The molecule has 0 N–H and O–H groups in total. The normalized spacial score (nSPS) is 30.9. The molecule has 0 spiro atoms. The summed E-state index contributed by atoms with van der Waals surface area (Å²) in [6, 6.07) is 0. The maximum atomic E-state index is 4.19. The molecule has 2 aliphatic rings. The van der Waals surface area contributed by atoms with Gasteiger partial charge in [0.25, 0.3) is 0 Å². The summed E-state index contributed by atoms with van der Waals surface area (Å²) in [6.07, 6.45) is 18.9. The van der Waals surface area contributed by atoms with Crippen molar-refractivity contribution in [1.82, 2.24) is 0 Å². The highest BCUT2D eigenvalue weighted by atomic mass is 14.4. The van der Waals surface area contributed by atoms with Crippen LogP contribution in [0.4, 0.5) is 0 Å². The molecule has 3 unspecified atom stereocenters. The monoisotopic (exact) mass is 262 g/mol. The fraction of sp³-hybridized carbons (Fsp3) is 0.895. The Morgan fingerprint density at radius 2 is 1.74 bits per heavy atom. The van der Waals surface area contributed by atoms with Gasteiger partial charge in [-0.15, -0.1) is 0 Å². The van der Waals surface area contributed by atoms with Gasteiger partial charge in [-0.2, -0.15) is 0 Å². The number of hydrogen-bond acceptors (Lipinski definition) is 0. The molecule has 2 saturated carbocycles. The Bertz CT molecular complexity index is 263. The third-order valence-electron chi connectivity index (χ3n) is 5.68. The van der Waals surface area contributed by atoms with Crippen molar-refractivity contribution < 1.29 is 0 Å². The summed E-state index contributed by atoms with van der Waals surface area (Å²) in [7, 11) is 0. The Labute approximate surface area is 121 Å². The second-order valence-corrected chi connectivity index (χ2v) is 7.15. The maximum absolute atomic E-state index is 4.19. The number of hydrogen-bond donors (Lipinski definition) is 0. The molecule has 19 heavy (non-hydrogen) atoms.